The van der Waals surface area contributed by atoms with Gasteiger partial charge in [0, 0.05) is 25.3 Å². The second kappa shape index (κ2) is 9.32. The van der Waals surface area contributed by atoms with Gasteiger partial charge in [-0.3, -0.25) is 9.69 Å². The lowest BCUT2D eigenvalue weighted by atomic mass is 10.1. The molecule has 3 rings (SSSR count). The van der Waals surface area contributed by atoms with Crippen molar-refractivity contribution in [3.05, 3.63) is 29.8 Å². The first-order valence-corrected chi connectivity index (χ1v) is 9.60. The molecule has 2 fully saturated rings. The van der Waals surface area contributed by atoms with Gasteiger partial charge in [0.1, 0.15) is 6.10 Å². The van der Waals surface area contributed by atoms with Gasteiger partial charge in [-0.25, -0.2) is 0 Å². The maximum Gasteiger partial charge on any atom is 0.253 e. The third-order valence-electron chi connectivity index (χ3n) is 5.10. The predicted molar refractivity (Wildman–Crippen MR) is 98.6 cm³/mol. The van der Waals surface area contributed by atoms with Crippen LogP contribution < -0.4 is 5.32 Å². The fourth-order valence-electron chi connectivity index (χ4n) is 3.59. The highest BCUT2D eigenvalue weighted by atomic mass is 16.5. The number of anilines is 1. The number of rotatable bonds is 7. The lowest BCUT2D eigenvalue weighted by molar-refractivity contribution is -0.131. The number of benzene rings is 1. The van der Waals surface area contributed by atoms with Gasteiger partial charge in [0.05, 0.1) is 19.3 Å². The molecule has 0 spiro atoms. The van der Waals surface area contributed by atoms with Crippen molar-refractivity contribution >= 4 is 11.6 Å². The molecular weight excluding hydrogens is 316 g/mol. The number of hydrogen-bond donors (Lipinski definition) is 1. The molecule has 1 unspecified atom stereocenters. The number of nitrogens with one attached hydrogen (secondary N) is 1. The summed E-state index contributed by atoms with van der Waals surface area (Å²) >= 11 is 0. The van der Waals surface area contributed by atoms with E-state index in [1.807, 2.05) is 25.1 Å². The summed E-state index contributed by atoms with van der Waals surface area (Å²) in [5.41, 5.74) is 2.04. The van der Waals surface area contributed by atoms with E-state index in [2.05, 4.69) is 16.3 Å². The van der Waals surface area contributed by atoms with Gasteiger partial charge in [-0.1, -0.05) is 38.0 Å². The predicted octanol–water partition coefficient (Wildman–Crippen LogP) is 3.20. The number of para-hydroxylation sites is 1. The minimum absolute atomic E-state index is 0.0242. The maximum atomic E-state index is 12.7. The minimum atomic E-state index is -0.362. The van der Waals surface area contributed by atoms with E-state index in [1.54, 1.807) is 0 Å². The molecular formula is C20H30N2O3. The van der Waals surface area contributed by atoms with E-state index in [9.17, 15) is 4.79 Å². The molecule has 5 nitrogen and oxygen atoms in total. The molecule has 5 heteroatoms. The lowest BCUT2D eigenvalue weighted by Gasteiger charge is -2.27. The Bertz CT molecular complexity index is 552. The van der Waals surface area contributed by atoms with E-state index in [0.717, 1.165) is 56.9 Å². The molecule has 2 aliphatic rings. The third-order valence-corrected chi connectivity index (χ3v) is 5.10. The van der Waals surface area contributed by atoms with Crippen LogP contribution in [0.4, 0.5) is 5.69 Å². The first-order valence-electron chi connectivity index (χ1n) is 9.60. The minimum Gasteiger partial charge on any atom is -0.379 e. The van der Waals surface area contributed by atoms with Crippen molar-refractivity contribution in [2.45, 2.75) is 57.8 Å². The largest absolute Gasteiger partial charge is 0.379 e. The molecule has 1 aromatic rings. The van der Waals surface area contributed by atoms with Crippen LogP contribution in [0.25, 0.3) is 0 Å². The molecule has 0 radical (unpaired) electrons. The van der Waals surface area contributed by atoms with Crippen molar-refractivity contribution in [3.8, 4) is 0 Å². The van der Waals surface area contributed by atoms with Crippen molar-refractivity contribution < 1.29 is 14.3 Å². The van der Waals surface area contributed by atoms with Crippen LogP contribution in [0.15, 0.2) is 24.3 Å². The zero-order chi connectivity index (χ0) is 17.5. The van der Waals surface area contributed by atoms with Crippen molar-refractivity contribution in [1.82, 2.24) is 4.90 Å². The zero-order valence-corrected chi connectivity index (χ0v) is 15.2. The average Bonchev–Trinajstić information content (AvgIpc) is 3.15. The standard InChI is InChI=1S/C20H30N2O3/c1-2-19(25-17-8-4-5-9-17)20(23)21-18-10-6-3-7-16(18)15-22-11-13-24-14-12-22/h3,6-7,10,17,19H,2,4-5,8-9,11-15H2,1H3,(H,21,23). The Balaban J connectivity index is 1.61. The van der Waals surface area contributed by atoms with Gasteiger partial charge in [0.2, 0.25) is 0 Å². The molecule has 1 amide bonds. The molecule has 1 saturated heterocycles. The number of carbonyl (C=O) groups excluding carboxylic acids is 1. The van der Waals surface area contributed by atoms with Crippen LogP contribution in [0, 0.1) is 0 Å². The number of nitrogens with zero attached hydrogens (tertiary/aromatic N) is 1. The van der Waals surface area contributed by atoms with Crippen molar-refractivity contribution in [3.63, 3.8) is 0 Å². The first kappa shape index (κ1) is 18.4. The SMILES string of the molecule is CCC(OC1CCCC1)C(=O)Nc1ccccc1CN1CCOCC1. The fourth-order valence-corrected chi connectivity index (χ4v) is 3.59. The Morgan fingerprint density at radius 1 is 1.28 bits per heavy atom. The van der Waals surface area contributed by atoms with Gasteiger partial charge in [-0.2, -0.15) is 0 Å². The van der Waals surface area contributed by atoms with Gasteiger partial charge in [-0.15, -0.1) is 0 Å². The van der Waals surface area contributed by atoms with E-state index in [1.165, 1.54) is 12.8 Å². The van der Waals surface area contributed by atoms with Crippen molar-refractivity contribution in [2.75, 3.05) is 31.6 Å². The van der Waals surface area contributed by atoms with Crippen LogP contribution in [-0.4, -0.2) is 49.3 Å². The summed E-state index contributed by atoms with van der Waals surface area (Å²) < 4.78 is 11.5. The van der Waals surface area contributed by atoms with E-state index in [0.29, 0.717) is 6.42 Å². The summed E-state index contributed by atoms with van der Waals surface area (Å²) in [4.78, 5) is 15.1. The van der Waals surface area contributed by atoms with Crippen LogP contribution in [0.3, 0.4) is 0 Å². The monoisotopic (exact) mass is 346 g/mol. The smallest absolute Gasteiger partial charge is 0.253 e. The molecule has 0 bridgehead atoms. The topological polar surface area (TPSA) is 50.8 Å². The van der Waals surface area contributed by atoms with Gasteiger partial charge >= 0.3 is 0 Å². The van der Waals surface area contributed by atoms with Gasteiger partial charge in [0.15, 0.2) is 0 Å². The van der Waals surface area contributed by atoms with Crippen LogP contribution in [0.1, 0.15) is 44.6 Å². The summed E-state index contributed by atoms with van der Waals surface area (Å²) in [6.45, 7) is 6.28. The zero-order valence-electron chi connectivity index (χ0n) is 15.2. The average molecular weight is 346 g/mol. The Kier molecular flexibility index (Phi) is 6.84. The summed E-state index contributed by atoms with van der Waals surface area (Å²) in [6.07, 6.45) is 5.18. The summed E-state index contributed by atoms with van der Waals surface area (Å²) in [5, 5.41) is 3.10. The van der Waals surface area contributed by atoms with E-state index in [-0.39, 0.29) is 18.1 Å². The highest BCUT2D eigenvalue weighted by Gasteiger charge is 2.25. The van der Waals surface area contributed by atoms with Crippen LogP contribution in [0.2, 0.25) is 0 Å². The van der Waals surface area contributed by atoms with Crippen molar-refractivity contribution in [2.24, 2.45) is 0 Å². The van der Waals surface area contributed by atoms with E-state index in [4.69, 9.17) is 9.47 Å². The van der Waals surface area contributed by atoms with Crippen molar-refractivity contribution in [1.29, 1.82) is 0 Å². The quantitative estimate of drug-likeness (QED) is 0.824. The second-order valence-corrected chi connectivity index (χ2v) is 6.97. The Morgan fingerprint density at radius 3 is 2.72 bits per heavy atom. The summed E-state index contributed by atoms with van der Waals surface area (Å²) in [6, 6.07) is 8.06. The maximum absolute atomic E-state index is 12.7. The van der Waals surface area contributed by atoms with E-state index >= 15 is 0 Å². The number of morpholine rings is 1. The molecule has 1 heterocycles. The van der Waals surface area contributed by atoms with Gasteiger partial charge < -0.3 is 14.8 Å². The fraction of sp³-hybridized carbons (Fsp3) is 0.650. The van der Waals surface area contributed by atoms with Crippen LogP contribution >= 0.6 is 0 Å². The molecule has 138 valence electrons. The third kappa shape index (κ3) is 5.27. The van der Waals surface area contributed by atoms with Gasteiger partial charge in [0.25, 0.3) is 5.91 Å². The first-order chi connectivity index (χ1) is 12.3. The lowest BCUT2D eigenvalue weighted by Crippen LogP contribution is -2.36. The molecule has 1 aliphatic heterocycles. The number of carbonyl (C=O) groups is 1. The molecule has 0 aromatic heterocycles. The Labute approximate surface area is 150 Å². The van der Waals surface area contributed by atoms with Gasteiger partial charge in [-0.05, 0) is 30.9 Å². The molecule has 1 saturated carbocycles. The second-order valence-electron chi connectivity index (χ2n) is 6.97. The number of ether oxygens (including phenoxy) is 2. The highest BCUT2D eigenvalue weighted by molar-refractivity contribution is 5.94. The Hall–Kier alpha value is -1.43. The van der Waals surface area contributed by atoms with E-state index < -0.39 is 0 Å². The normalized spacial score (nSPS) is 20.5. The molecule has 1 aliphatic carbocycles. The van der Waals surface area contributed by atoms with Crippen LogP contribution in [0.5, 0.6) is 0 Å². The van der Waals surface area contributed by atoms with Crippen LogP contribution in [-0.2, 0) is 20.8 Å². The Morgan fingerprint density at radius 2 is 2.00 bits per heavy atom. The molecule has 1 N–H and O–H groups in total. The molecule has 1 aromatic carbocycles. The summed E-state index contributed by atoms with van der Waals surface area (Å²) in [7, 11) is 0. The number of amides is 1. The molecule has 25 heavy (non-hydrogen) atoms. The number of hydrogen-bond acceptors (Lipinski definition) is 4. The highest BCUT2D eigenvalue weighted by Crippen LogP contribution is 2.24. The molecule has 1 atom stereocenters. The summed E-state index contributed by atoms with van der Waals surface area (Å²) in [5.74, 6) is -0.0242.